The summed E-state index contributed by atoms with van der Waals surface area (Å²) in [5.41, 5.74) is -1.85. The van der Waals surface area contributed by atoms with Crippen molar-refractivity contribution in [3.8, 4) is 0 Å². The van der Waals surface area contributed by atoms with Crippen LogP contribution in [0.15, 0.2) is 22.8 Å². The van der Waals surface area contributed by atoms with Crippen molar-refractivity contribution in [2.24, 2.45) is 39.4 Å². The van der Waals surface area contributed by atoms with E-state index in [-0.39, 0.29) is 59.9 Å². The first-order chi connectivity index (χ1) is 16.9. The molecule has 0 spiro atoms. The fourth-order valence-corrected chi connectivity index (χ4v) is 8.88. The van der Waals surface area contributed by atoms with E-state index in [2.05, 4.69) is 0 Å². The average Bonchev–Trinajstić information content (AvgIpc) is 2.99. The molecule has 2 fully saturated rings. The Morgan fingerprint density at radius 2 is 1.70 bits per heavy atom. The second-order valence-electron chi connectivity index (χ2n) is 13.5. The Balaban J connectivity index is 1.77. The molecule has 0 saturated heterocycles. The van der Waals surface area contributed by atoms with Gasteiger partial charge in [-0.1, -0.05) is 41.5 Å². The zero-order chi connectivity index (χ0) is 27.9. The van der Waals surface area contributed by atoms with E-state index in [1.165, 1.54) is 13.0 Å². The maximum absolute atomic E-state index is 14.0. The number of hydrogen-bond acceptors (Lipinski definition) is 6. The molecule has 0 heterocycles. The topological polar surface area (TPSA) is 129 Å². The Kier molecular flexibility index (Phi) is 6.56. The zero-order valence-electron chi connectivity index (χ0n) is 23.2. The van der Waals surface area contributed by atoms with Crippen LogP contribution >= 0.6 is 0 Å². The van der Waals surface area contributed by atoms with E-state index in [0.717, 1.165) is 0 Å². The molecule has 3 N–H and O–H groups in total. The van der Waals surface area contributed by atoms with Gasteiger partial charge in [0, 0.05) is 52.2 Å². The standard InChI is InChI=1S/C30H42O7/c1-15(10-17(31)11-16(2)26(36)37)18-12-23(35)30(7)25-19(32)13-21-27(3,4)22(34)8-9-28(21,5)24(25)20(33)14-29(18,30)6/h11,15,17-18,21,23,31,35H,8-10,12-14H2,1-7H3,(H,36,37)/b16-11+/t15-,17+,18-,21?,23-,28+,29-,30+/m1/s1. The summed E-state index contributed by atoms with van der Waals surface area (Å²) in [6.07, 6.45) is 1.50. The van der Waals surface area contributed by atoms with Crippen LogP contribution in [0.5, 0.6) is 0 Å². The number of carbonyl (C=O) groups excluding carboxylic acids is 3. The summed E-state index contributed by atoms with van der Waals surface area (Å²) in [5, 5.41) is 31.3. The highest BCUT2D eigenvalue weighted by molar-refractivity contribution is 6.12. The normalized spacial score (nSPS) is 41.2. The van der Waals surface area contributed by atoms with Gasteiger partial charge < -0.3 is 15.3 Å². The number of hydrogen-bond donors (Lipinski definition) is 3. The Labute approximate surface area is 219 Å². The molecule has 0 amide bonds. The molecule has 7 heteroatoms. The van der Waals surface area contributed by atoms with Crippen LogP contribution in [0.3, 0.4) is 0 Å². The van der Waals surface area contributed by atoms with E-state index in [4.69, 9.17) is 5.11 Å². The molecule has 37 heavy (non-hydrogen) atoms. The van der Waals surface area contributed by atoms with Gasteiger partial charge in [0.05, 0.1) is 12.2 Å². The second-order valence-corrected chi connectivity index (χ2v) is 13.5. The van der Waals surface area contributed by atoms with Gasteiger partial charge in [-0.15, -0.1) is 0 Å². The molecule has 4 aliphatic rings. The van der Waals surface area contributed by atoms with Gasteiger partial charge in [0.1, 0.15) is 5.78 Å². The number of allylic oxidation sites excluding steroid dienone is 1. The average molecular weight is 515 g/mol. The third-order valence-electron chi connectivity index (χ3n) is 11.3. The van der Waals surface area contributed by atoms with Gasteiger partial charge in [-0.25, -0.2) is 4.79 Å². The maximum Gasteiger partial charge on any atom is 0.331 e. The second kappa shape index (κ2) is 8.70. The third kappa shape index (κ3) is 3.75. The smallest absolute Gasteiger partial charge is 0.331 e. The van der Waals surface area contributed by atoms with Gasteiger partial charge in [-0.05, 0) is 55.4 Å². The van der Waals surface area contributed by atoms with E-state index in [1.807, 2.05) is 41.5 Å². The molecule has 0 bridgehead atoms. The van der Waals surface area contributed by atoms with Crippen LogP contribution < -0.4 is 0 Å². The van der Waals surface area contributed by atoms with Crippen molar-refractivity contribution in [1.82, 2.24) is 0 Å². The van der Waals surface area contributed by atoms with Crippen LogP contribution in [-0.4, -0.2) is 50.8 Å². The van der Waals surface area contributed by atoms with Crippen LogP contribution in [-0.2, 0) is 19.2 Å². The molecule has 7 nitrogen and oxygen atoms in total. The number of Topliss-reactive ketones (excluding diaryl/α,β-unsaturated/α-hetero) is 3. The molecule has 0 aromatic heterocycles. The minimum Gasteiger partial charge on any atom is -0.478 e. The predicted octanol–water partition coefficient (Wildman–Crippen LogP) is 4.05. The number of carbonyl (C=O) groups is 4. The van der Waals surface area contributed by atoms with Gasteiger partial charge in [-0.3, -0.25) is 14.4 Å². The van der Waals surface area contributed by atoms with Crippen molar-refractivity contribution in [3.05, 3.63) is 22.8 Å². The van der Waals surface area contributed by atoms with Crippen molar-refractivity contribution in [2.75, 3.05) is 0 Å². The van der Waals surface area contributed by atoms with E-state index in [0.29, 0.717) is 30.4 Å². The van der Waals surface area contributed by atoms with Gasteiger partial charge in [0.2, 0.25) is 0 Å². The highest BCUT2D eigenvalue weighted by atomic mass is 16.4. The van der Waals surface area contributed by atoms with Gasteiger partial charge >= 0.3 is 5.97 Å². The number of ketones is 3. The van der Waals surface area contributed by atoms with E-state index in [1.54, 1.807) is 0 Å². The Morgan fingerprint density at radius 1 is 1.08 bits per heavy atom. The molecule has 1 unspecified atom stereocenters. The number of carboxylic acids is 1. The lowest BCUT2D eigenvalue weighted by Gasteiger charge is -2.59. The monoisotopic (exact) mass is 514 g/mol. The lowest BCUT2D eigenvalue weighted by Crippen LogP contribution is -2.59. The van der Waals surface area contributed by atoms with Gasteiger partial charge in [0.15, 0.2) is 11.6 Å². The number of aliphatic hydroxyl groups excluding tert-OH is 2. The molecule has 8 atom stereocenters. The van der Waals surface area contributed by atoms with Crippen molar-refractivity contribution < 1.29 is 34.5 Å². The lowest BCUT2D eigenvalue weighted by atomic mass is 9.42. The molecule has 0 aliphatic heterocycles. The summed E-state index contributed by atoms with van der Waals surface area (Å²) >= 11 is 0. The fourth-order valence-electron chi connectivity index (χ4n) is 8.88. The van der Waals surface area contributed by atoms with E-state index < -0.39 is 39.8 Å². The first-order valence-corrected chi connectivity index (χ1v) is 13.6. The van der Waals surface area contributed by atoms with Crippen molar-refractivity contribution in [2.45, 2.75) is 99.2 Å². The Hall–Kier alpha value is -2.12. The van der Waals surface area contributed by atoms with Gasteiger partial charge in [-0.2, -0.15) is 0 Å². The molecule has 0 aromatic carbocycles. The molecular formula is C30H42O7. The van der Waals surface area contributed by atoms with Crippen molar-refractivity contribution >= 4 is 23.3 Å². The van der Waals surface area contributed by atoms with Crippen LogP contribution in [0.25, 0.3) is 0 Å². The predicted molar refractivity (Wildman–Crippen MR) is 137 cm³/mol. The van der Waals surface area contributed by atoms with Crippen LogP contribution in [0.2, 0.25) is 0 Å². The Morgan fingerprint density at radius 3 is 2.30 bits per heavy atom. The summed E-state index contributed by atoms with van der Waals surface area (Å²) in [4.78, 5) is 51.9. The molecule has 2 saturated carbocycles. The van der Waals surface area contributed by atoms with Crippen LogP contribution in [0, 0.1) is 39.4 Å². The minimum atomic E-state index is -1.09. The molecule has 4 rings (SSSR count). The number of fused-ring (bicyclic) bond motifs is 4. The quantitative estimate of drug-likeness (QED) is 0.472. The largest absolute Gasteiger partial charge is 0.478 e. The van der Waals surface area contributed by atoms with Crippen molar-refractivity contribution in [1.29, 1.82) is 0 Å². The Bertz CT molecular complexity index is 1130. The summed E-state index contributed by atoms with van der Waals surface area (Å²) in [5.74, 6) is -1.68. The lowest BCUT2D eigenvalue weighted by molar-refractivity contribution is -0.147. The fraction of sp³-hybridized carbons (Fsp3) is 0.733. The molecule has 0 radical (unpaired) electrons. The summed E-state index contributed by atoms with van der Waals surface area (Å²) in [6.45, 7) is 13.1. The SMILES string of the molecule is C/C(=C\[C@@H](O)C[C@@H](C)[C@H]1C[C@@H](O)[C@@]2(C)C3=C(C(=O)C[C@]12C)[C@@]1(C)CCC(=O)C(C)(C)C1CC3=O)C(=O)O. The van der Waals surface area contributed by atoms with Crippen LogP contribution in [0.4, 0.5) is 0 Å². The first kappa shape index (κ1) is 27.9. The van der Waals surface area contributed by atoms with Crippen molar-refractivity contribution in [3.63, 3.8) is 0 Å². The van der Waals surface area contributed by atoms with Crippen LogP contribution in [0.1, 0.15) is 87.0 Å². The molecule has 0 aromatic rings. The summed E-state index contributed by atoms with van der Waals surface area (Å²) in [6, 6.07) is 0. The zero-order valence-corrected chi connectivity index (χ0v) is 23.2. The summed E-state index contributed by atoms with van der Waals surface area (Å²) in [7, 11) is 0. The molecule has 4 aliphatic carbocycles. The molecular weight excluding hydrogens is 472 g/mol. The molecule has 204 valence electrons. The number of aliphatic carboxylic acids is 1. The number of rotatable bonds is 5. The van der Waals surface area contributed by atoms with E-state index >= 15 is 0 Å². The number of carboxylic acid groups (broad SMARTS) is 1. The summed E-state index contributed by atoms with van der Waals surface area (Å²) < 4.78 is 0. The highest BCUT2D eigenvalue weighted by Crippen LogP contribution is 2.70. The number of aliphatic hydroxyl groups is 2. The minimum absolute atomic E-state index is 0.0610. The van der Waals surface area contributed by atoms with E-state index in [9.17, 15) is 29.4 Å². The highest BCUT2D eigenvalue weighted by Gasteiger charge is 2.70. The van der Waals surface area contributed by atoms with Gasteiger partial charge in [0.25, 0.3) is 0 Å². The first-order valence-electron chi connectivity index (χ1n) is 13.6. The maximum atomic E-state index is 14.0. The third-order valence-corrected chi connectivity index (χ3v) is 11.3.